The molecule has 0 aromatic heterocycles. The van der Waals surface area contributed by atoms with Crippen molar-refractivity contribution in [3.05, 3.63) is 35.9 Å². The zero-order valence-corrected chi connectivity index (χ0v) is 10.8. The molecule has 0 saturated carbocycles. The smallest absolute Gasteiger partial charge is 0.339 e. The largest absolute Gasteiger partial charge is 0.382 e. The number of hydrogen-bond donors (Lipinski definition) is 1. The topological polar surface area (TPSA) is 66.8 Å². The average Bonchev–Trinajstić information content (AvgIpc) is 2.37. The molecule has 2 aliphatic rings. The lowest BCUT2D eigenvalue weighted by atomic mass is 9.72. The van der Waals surface area contributed by atoms with Crippen LogP contribution in [0.4, 0.5) is 0 Å². The maximum absolute atomic E-state index is 11.8. The second kappa shape index (κ2) is 3.77. The predicted molar refractivity (Wildman–Crippen MR) is 64.9 cm³/mol. The van der Waals surface area contributed by atoms with Gasteiger partial charge in [0.15, 0.2) is 0 Å². The normalized spacial score (nSPS) is 38.8. The molecule has 6 heteroatoms. The molecule has 0 spiro atoms. The highest BCUT2D eigenvalue weighted by molar-refractivity contribution is 7.84. The molecule has 2 heterocycles. The van der Waals surface area contributed by atoms with Gasteiger partial charge in [0.1, 0.15) is 5.60 Å². The van der Waals surface area contributed by atoms with Gasteiger partial charge in [-0.15, -0.1) is 0 Å². The second-order valence-electron chi connectivity index (χ2n) is 4.78. The Labute approximate surface area is 106 Å². The molecule has 0 amide bonds. The van der Waals surface area contributed by atoms with E-state index in [1.165, 1.54) is 4.31 Å². The van der Waals surface area contributed by atoms with E-state index in [1.54, 1.807) is 6.92 Å². The molecule has 1 aromatic rings. The van der Waals surface area contributed by atoms with Crippen LogP contribution in [-0.2, 0) is 20.1 Å². The van der Waals surface area contributed by atoms with Gasteiger partial charge in [0.25, 0.3) is 0 Å². The Bertz CT molecular complexity index is 559. The van der Waals surface area contributed by atoms with Crippen LogP contribution in [0.15, 0.2) is 30.3 Å². The fourth-order valence-corrected chi connectivity index (χ4v) is 4.57. The molecule has 98 valence electrons. The van der Waals surface area contributed by atoms with E-state index < -0.39 is 28.0 Å². The lowest BCUT2D eigenvalue weighted by molar-refractivity contribution is -0.180. The number of rotatable bonds is 1. The van der Waals surface area contributed by atoms with E-state index in [0.717, 1.165) is 5.56 Å². The Balaban J connectivity index is 2.02. The van der Waals surface area contributed by atoms with Crippen molar-refractivity contribution in [2.45, 2.75) is 31.0 Å². The van der Waals surface area contributed by atoms with E-state index in [-0.39, 0.29) is 6.61 Å². The Hall–Kier alpha value is -0.950. The molecule has 2 saturated heterocycles. The number of fused-ring (bicyclic) bond motifs is 1. The zero-order chi connectivity index (χ0) is 13.0. The van der Waals surface area contributed by atoms with E-state index in [0.29, 0.717) is 6.42 Å². The highest BCUT2D eigenvalue weighted by atomic mass is 32.2. The standard InChI is InChI=1S/C12H15NO4S/c1-9-12(14,10-5-3-2-4-6-10)11-7-8-17-18(15,16)13(9)11/h2-6,9,11,14H,7-8H2,1H3/t9-,11+,12-/m1/s1. The lowest BCUT2D eigenvalue weighted by Gasteiger charge is -2.59. The molecule has 18 heavy (non-hydrogen) atoms. The predicted octanol–water partition coefficient (Wildman–Crippen LogP) is 0.612. The summed E-state index contributed by atoms with van der Waals surface area (Å²) in [7, 11) is -3.68. The molecule has 1 aromatic carbocycles. The first kappa shape index (κ1) is 12.1. The fraction of sp³-hybridized carbons (Fsp3) is 0.500. The molecule has 2 fully saturated rings. The summed E-state index contributed by atoms with van der Waals surface area (Å²) < 4.78 is 29.6. The quantitative estimate of drug-likeness (QED) is 0.811. The lowest BCUT2D eigenvalue weighted by Crippen LogP contribution is -2.76. The molecule has 1 N–H and O–H groups in total. The van der Waals surface area contributed by atoms with Gasteiger partial charge < -0.3 is 5.11 Å². The minimum atomic E-state index is -3.68. The summed E-state index contributed by atoms with van der Waals surface area (Å²) in [5.41, 5.74) is -0.353. The highest BCUT2D eigenvalue weighted by Gasteiger charge is 2.64. The molecule has 0 bridgehead atoms. The first-order valence-electron chi connectivity index (χ1n) is 5.93. The van der Waals surface area contributed by atoms with Crippen LogP contribution in [0.3, 0.4) is 0 Å². The van der Waals surface area contributed by atoms with Crippen molar-refractivity contribution in [2.75, 3.05) is 6.61 Å². The van der Waals surface area contributed by atoms with Crippen LogP contribution in [0, 0.1) is 0 Å². The minimum Gasteiger partial charge on any atom is -0.382 e. The van der Waals surface area contributed by atoms with Crippen LogP contribution in [0.2, 0.25) is 0 Å². The van der Waals surface area contributed by atoms with Crippen molar-refractivity contribution < 1.29 is 17.7 Å². The van der Waals surface area contributed by atoms with Gasteiger partial charge in [-0.25, -0.2) is 0 Å². The fourth-order valence-electron chi connectivity index (χ4n) is 3.02. The number of aliphatic hydroxyl groups is 1. The third-order valence-electron chi connectivity index (χ3n) is 3.95. The molecule has 3 rings (SSSR count). The third kappa shape index (κ3) is 1.40. The Morgan fingerprint density at radius 1 is 1.39 bits per heavy atom. The van der Waals surface area contributed by atoms with E-state index in [2.05, 4.69) is 0 Å². The van der Waals surface area contributed by atoms with Gasteiger partial charge in [-0.3, -0.25) is 4.18 Å². The second-order valence-corrected chi connectivity index (χ2v) is 6.29. The van der Waals surface area contributed by atoms with Crippen molar-refractivity contribution in [3.63, 3.8) is 0 Å². The summed E-state index contributed by atoms with van der Waals surface area (Å²) in [5.74, 6) is 0. The van der Waals surface area contributed by atoms with Crippen LogP contribution < -0.4 is 0 Å². The Morgan fingerprint density at radius 3 is 2.72 bits per heavy atom. The van der Waals surface area contributed by atoms with Gasteiger partial charge in [0.2, 0.25) is 0 Å². The molecule has 3 atom stereocenters. The average molecular weight is 269 g/mol. The van der Waals surface area contributed by atoms with Gasteiger partial charge in [-0.2, -0.15) is 12.7 Å². The molecule has 0 aliphatic carbocycles. The van der Waals surface area contributed by atoms with Gasteiger partial charge >= 0.3 is 10.3 Å². The first-order chi connectivity index (χ1) is 8.48. The van der Waals surface area contributed by atoms with E-state index in [4.69, 9.17) is 4.18 Å². The van der Waals surface area contributed by atoms with Crippen molar-refractivity contribution in [2.24, 2.45) is 0 Å². The third-order valence-corrected chi connectivity index (χ3v) is 5.50. The highest BCUT2D eigenvalue weighted by Crippen LogP contribution is 2.49. The van der Waals surface area contributed by atoms with E-state index >= 15 is 0 Å². The first-order valence-corrected chi connectivity index (χ1v) is 7.30. The van der Waals surface area contributed by atoms with Gasteiger partial charge in [0.05, 0.1) is 18.7 Å². The molecule has 0 radical (unpaired) electrons. The van der Waals surface area contributed by atoms with Crippen LogP contribution >= 0.6 is 0 Å². The molecule has 5 nitrogen and oxygen atoms in total. The Morgan fingerprint density at radius 2 is 2.06 bits per heavy atom. The maximum atomic E-state index is 11.8. The number of benzene rings is 1. The number of nitrogens with zero attached hydrogens (tertiary/aromatic N) is 1. The van der Waals surface area contributed by atoms with Gasteiger partial charge in [0, 0.05) is 0 Å². The van der Waals surface area contributed by atoms with Crippen molar-refractivity contribution in [3.8, 4) is 0 Å². The van der Waals surface area contributed by atoms with Gasteiger partial charge in [-0.05, 0) is 18.9 Å². The van der Waals surface area contributed by atoms with Crippen LogP contribution in [0.5, 0.6) is 0 Å². The SMILES string of the molecule is C[C@H]1N2[C@@H](CCOS2(=O)=O)[C@]1(O)c1ccccc1. The monoisotopic (exact) mass is 269 g/mol. The molecular formula is C12H15NO4S. The molecular weight excluding hydrogens is 254 g/mol. The van der Waals surface area contributed by atoms with E-state index in [1.807, 2.05) is 30.3 Å². The van der Waals surface area contributed by atoms with Crippen LogP contribution in [0.1, 0.15) is 18.9 Å². The summed E-state index contributed by atoms with van der Waals surface area (Å²) in [6, 6.07) is 8.29. The molecule has 2 aliphatic heterocycles. The minimum absolute atomic E-state index is 0.130. The number of hydrogen-bond acceptors (Lipinski definition) is 4. The molecule has 0 unspecified atom stereocenters. The summed E-state index contributed by atoms with van der Waals surface area (Å²) >= 11 is 0. The summed E-state index contributed by atoms with van der Waals surface area (Å²) in [6.45, 7) is 1.83. The van der Waals surface area contributed by atoms with E-state index in [9.17, 15) is 13.5 Å². The van der Waals surface area contributed by atoms with Crippen LogP contribution in [-0.4, -0.2) is 36.5 Å². The maximum Gasteiger partial charge on any atom is 0.339 e. The van der Waals surface area contributed by atoms with Crippen molar-refractivity contribution in [1.29, 1.82) is 0 Å². The zero-order valence-electron chi connectivity index (χ0n) is 9.98. The van der Waals surface area contributed by atoms with Crippen molar-refractivity contribution >= 4 is 10.3 Å². The van der Waals surface area contributed by atoms with Crippen molar-refractivity contribution in [1.82, 2.24) is 4.31 Å². The summed E-state index contributed by atoms with van der Waals surface area (Å²) in [6.07, 6.45) is 0.509. The van der Waals surface area contributed by atoms with Gasteiger partial charge in [-0.1, -0.05) is 30.3 Å². The Kier molecular flexibility index (Phi) is 2.54. The summed E-state index contributed by atoms with van der Waals surface area (Å²) in [4.78, 5) is 0. The summed E-state index contributed by atoms with van der Waals surface area (Å²) in [5, 5.41) is 10.8. The van der Waals surface area contributed by atoms with Crippen LogP contribution in [0.25, 0.3) is 0 Å².